The van der Waals surface area contributed by atoms with Gasteiger partial charge in [0.2, 0.25) is 5.91 Å². The minimum Gasteiger partial charge on any atom is -0.334 e. The number of nitrogens with zero attached hydrogens (tertiary/aromatic N) is 1. The molecule has 0 radical (unpaired) electrons. The summed E-state index contributed by atoms with van der Waals surface area (Å²) in [6.45, 7) is 0.377. The van der Waals surface area contributed by atoms with E-state index in [1.54, 1.807) is 12.1 Å². The zero-order chi connectivity index (χ0) is 15.1. The molecule has 1 aromatic rings. The molecule has 1 amide bonds. The molecule has 2 atom stereocenters. The average Bonchev–Trinajstić information content (AvgIpc) is 3.45. The molecular weight excluding hydrogens is 281 g/mol. The van der Waals surface area contributed by atoms with E-state index in [1.807, 2.05) is 11.0 Å². The van der Waals surface area contributed by atoms with E-state index in [9.17, 15) is 9.18 Å². The van der Waals surface area contributed by atoms with Crippen molar-refractivity contribution in [2.24, 2.45) is 5.92 Å². The standard InChI is InChI=1S/C17H22FN3O/c18-14-4-2-1-3-12(14)10-21(13-7-8-13)17(22)16-9-15(19-20-16)11-5-6-11/h1-4,11,13,15-16,19-20H,5-10H2. The van der Waals surface area contributed by atoms with Crippen molar-refractivity contribution in [2.45, 2.75) is 56.8 Å². The monoisotopic (exact) mass is 303 g/mol. The molecule has 1 heterocycles. The molecule has 0 aromatic heterocycles. The van der Waals surface area contributed by atoms with Gasteiger partial charge in [-0.3, -0.25) is 10.2 Å². The van der Waals surface area contributed by atoms with Crippen LogP contribution >= 0.6 is 0 Å². The lowest BCUT2D eigenvalue weighted by Gasteiger charge is -2.25. The molecule has 5 heteroatoms. The highest BCUT2D eigenvalue weighted by atomic mass is 19.1. The SMILES string of the molecule is O=C(C1CC(C2CC2)NN1)N(Cc1ccccc1F)C1CC1. The number of hydrogen-bond acceptors (Lipinski definition) is 3. The highest BCUT2D eigenvalue weighted by Gasteiger charge is 2.42. The van der Waals surface area contributed by atoms with Crippen LogP contribution in [0.15, 0.2) is 24.3 Å². The zero-order valence-electron chi connectivity index (χ0n) is 12.6. The van der Waals surface area contributed by atoms with E-state index in [1.165, 1.54) is 18.9 Å². The van der Waals surface area contributed by atoms with Gasteiger partial charge in [-0.1, -0.05) is 18.2 Å². The van der Waals surface area contributed by atoms with Crippen LogP contribution in [0.4, 0.5) is 4.39 Å². The Labute approximate surface area is 130 Å². The lowest BCUT2D eigenvalue weighted by atomic mass is 10.0. The van der Waals surface area contributed by atoms with Crippen LogP contribution in [0.2, 0.25) is 0 Å². The third-order valence-electron chi connectivity index (χ3n) is 4.99. The van der Waals surface area contributed by atoms with Crippen LogP contribution in [-0.2, 0) is 11.3 Å². The molecular formula is C17H22FN3O. The van der Waals surface area contributed by atoms with Gasteiger partial charge in [0.15, 0.2) is 0 Å². The summed E-state index contributed by atoms with van der Waals surface area (Å²) < 4.78 is 13.9. The van der Waals surface area contributed by atoms with E-state index >= 15 is 0 Å². The summed E-state index contributed by atoms with van der Waals surface area (Å²) in [6, 6.07) is 7.28. The summed E-state index contributed by atoms with van der Waals surface area (Å²) in [5.74, 6) is 0.613. The maximum atomic E-state index is 13.9. The van der Waals surface area contributed by atoms with E-state index in [2.05, 4.69) is 10.9 Å². The molecule has 1 saturated heterocycles. The van der Waals surface area contributed by atoms with E-state index < -0.39 is 0 Å². The predicted molar refractivity (Wildman–Crippen MR) is 81.2 cm³/mol. The quantitative estimate of drug-likeness (QED) is 0.874. The van der Waals surface area contributed by atoms with Crippen molar-refractivity contribution in [3.8, 4) is 0 Å². The fourth-order valence-electron chi connectivity index (χ4n) is 3.33. The third kappa shape index (κ3) is 2.88. The van der Waals surface area contributed by atoms with Crippen molar-refractivity contribution >= 4 is 5.91 Å². The Kier molecular flexibility index (Phi) is 3.62. The first-order valence-electron chi connectivity index (χ1n) is 8.27. The lowest BCUT2D eigenvalue weighted by Crippen LogP contribution is -2.46. The van der Waals surface area contributed by atoms with Crippen molar-refractivity contribution < 1.29 is 9.18 Å². The Hall–Kier alpha value is -1.46. The van der Waals surface area contributed by atoms with Gasteiger partial charge >= 0.3 is 0 Å². The zero-order valence-corrected chi connectivity index (χ0v) is 12.6. The number of carbonyl (C=O) groups is 1. The second-order valence-corrected chi connectivity index (χ2v) is 6.81. The van der Waals surface area contributed by atoms with Crippen LogP contribution in [0.5, 0.6) is 0 Å². The molecule has 3 aliphatic rings. The van der Waals surface area contributed by atoms with E-state index in [0.29, 0.717) is 18.2 Å². The summed E-state index contributed by atoms with van der Waals surface area (Å²) in [4.78, 5) is 14.7. The number of amides is 1. The van der Waals surface area contributed by atoms with Crippen LogP contribution < -0.4 is 10.9 Å². The molecule has 118 valence electrons. The number of nitrogens with one attached hydrogen (secondary N) is 2. The van der Waals surface area contributed by atoms with E-state index in [4.69, 9.17) is 0 Å². The van der Waals surface area contributed by atoms with Crippen LogP contribution in [0, 0.1) is 11.7 Å². The van der Waals surface area contributed by atoms with Crippen molar-refractivity contribution in [2.75, 3.05) is 0 Å². The van der Waals surface area contributed by atoms with Crippen LogP contribution in [0.3, 0.4) is 0 Å². The Morgan fingerprint density at radius 3 is 2.64 bits per heavy atom. The van der Waals surface area contributed by atoms with Crippen molar-refractivity contribution in [1.29, 1.82) is 0 Å². The summed E-state index contributed by atoms with van der Waals surface area (Å²) >= 11 is 0. The largest absolute Gasteiger partial charge is 0.334 e. The van der Waals surface area contributed by atoms with Gasteiger partial charge in [0.25, 0.3) is 0 Å². The number of hydrogen-bond donors (Lipinski definition) is 2. The molecule has 4 nitrogen and oxygen atoms in total. The maximum absolute atomic E-state index is 13.9. The van der Waals surface area contributed by atoms with Crippen molar-refractivity contribution in [1.82, 2.24) is 15.8 Å². The van der Waals surface area contributed by atoms with Gasteiger partial charge in [-0.2, -0.15) is 0 Å². The van der Waals surface area contributed by atoms with Gasteiger partial charge in [-0.15, -0.1) is 0 Å². The smallest absolute Gasteiger partial charge is 0.241 e. The first-order chi connectivity index (χ1) is 10.7. The first kappa shape index (κ1) is 14.2. The summed E-state index contributed by atoms with van der Waals surface area (Å²) in [7, 11) is 0. The molecule has 2 saturated carbocycles. The number of hydrazine groups is 1. The normalized spacial score (nSPS) is 27.9. The Balaban J connectivity index is 1.45. The van der Waals surface area contributed by atoms with E-state index in [-0.39, 0.29) is 23.8 Å². The van der Waals surface area contributed by atoms with Crippen LogP contribution in [-0.4, -0.2) is 28.9 Å². The molecule has 3 fully saturated rings. The summed E-state index contributed by atoms with van der Waals surface area (Å²) in [5.41, 5.74) is 7.03. The van der Waals surface area contributed by atoms with E-state index in [0.717, 1.165) is 25.2 Å². The summed E-state index contributed by atoms with van der Waals surface area (Å²) in [5, 5.41) is 0. The minimum atomic E-state index is -0.227. The fourth-order valence-corrected chi connectivity index (χ4v) is 3.33. The average molecular weight is 303 g/mol. The van der Waals surface area contributed by atoms with Gasteiger partial charge < -0.3 is 4.90 Å². The molecule has 1 aromatic carbocycles. The Morgan fingerprint density at radius 2 is 1.95 bits per heavy atom. The summed E-state index contributed by atoms with van der Waals surface area (Å²) in [6.07, 6.45) is 5.45. The number of halogens is 1. The molecule has 2 aliphatic carbocycles. The lowest BCUT2D eigenvalue weighted by molar-refractivity contribution is -0.134. The molecule has 0 spiro atoms. The van der Waals surface area contributed by atoms with Gasteiger partial charge in [-0.05, 0) is 44.1 Å². The van der Waals surface area contributed by atoms with Gasteiger partial charge in [-0.25, -0.2) is 9.82 Å². The Morgan fingerprint density at radius 1 is 1.18 bits per heavy atom. The highest BCUT2D eigenvalue weighted by molar-refractivity contribution is 5.82. The molecule has 0 bridgehead atoms. The number of rotatable bonds is 5. The fraction of sp³-hybridized carbons (Fsp3) is 0.588. The Bertz CT molecular complexity index is 571. The second-order valence-electron chi connectivity index (χ2n) is 6.81. The molecule has 2 unspecified atom stereocenters. The highest BCUT2D eigenvalue weighted by Crippen LogP contribution is 2.36. The third-order valence-corrected chi connectivity index (χ3v) is 4.99. The van der Waals surface area contributed by atoms with Gasteiger partial charge in [0.05, 0.1) is 0 Å². The maximum Gasteiger partial charge on any atom is 0.241 e. The molecule has 2 N–H and O–H groups in total. The van der Waals surface area contributed by atoms with Crippen LogP contribution in [0.1, 0.15) is 37.7 Å². The first-order valence-corrected chi connectivity index (χ1v) is 8.27. The number of carbonyl (C=O) groups excluding carboxylic acids is 1. The van der Waals surface area contributed by atoms with Crippen molar-refractivity contribution in [3.05, 3.63) is 35.6 Å². The molecule has 4 rings (SSSR count). The minimum absolute atomic E-state index is 0.112. The predicted octanol–water partition coefficient (Wildman–Crippen LogP) is 1.96. The second kappa shape index (κ2) is 5.63. The number of benzene rings is 1. The van der Waals surface area contributed by atoms with Crippen molar-refractivity contribution in [3.63, 3.8) is 0 Å². The van der Waals surface area contributed by atoms with Crippen LogP contribution in [0.25, 0.3) is 0 Å². The van der Waals surface area contributed by atoms with Gasteiger partial charge in [0, 0.05) is 24.2 Å². The topological polar surface area (TPSA) is 44.4 Å². The molecule has 1 aliphatic heterocycles. The molecule has 22 heavy (non-hydrogen) atoms. The van der Waals surface area contributed by atoms with Gasteiger partial charge in [0.1, 0.15) is 11.9 Å².